The van der Waals surface area contributed by atoms with Crippen LogP contribution in [0.3, 0.4) is 0 Å². The van der Waals surface area contributed by atoms with Crippen molar-refractivity contribution in [1.29, 1.82) is 0 Å². The van der Waals surface area contributed by atoms with Crippen LogP contribution in [0, 0.1) is 0 Å². The number of nitrogens with zero attached hydrogens (tertiary/aromatic N) is 4. The predicted octanol–water partition coefficient (Wildman–Crippen LogP) is 0.760. The van der Waals surface area contributed by atoms with Gasteiger partial charge in [-0.25, -0.2) is 9.67 Å². The molecule has 0 saturated heterocycles. The highest BCUT2D eigenvalue weighted by Crippen LogP contribution is 2.20. The Labute approximate surface area is 69.5 Å². The zero-order valence-corrected chi connectivity index (χ0v) is 6.51. The SMILES string of the molecule is c1cc2n(c1)CCn1ncnc1-2. The van der Waals surface area contributed by atoms with E-state index in [1.54, 1.807) is 6.33 Å². The highest BCUT2D eigenvalue weighted by molar-refractivity contribution is 5.51. The van der Waals surface area contributed by atoms with E-state index in [1.165, 1.54) is 5.69 Å². The first-order valence-electron chi connectivity index (χ1n) is 3.98. The van der Waals surface area contributed by atoms with E-state index in [2.05, 4.69) is 26.9 Å². The lowest BCUT2D eigenvalue weighted by atomic mass is 10.3. The summed E-state index contributed by atoms with van der Waals surface area (Å²) >= 11 is 0. The van der Waals surface area contributed by atoms with Crippen molar-refractivity contribution in [1.82, 2.24) is 19.3 Å². The fraction of sp³-hybridized carbons (Fsp3) is 0.250. The minimum atomic E-state index is 0.928. The monoisotopic (exact) mass is 160 g/mol. The first kappa shape index (κ1) is 5.99. The van der Waals surface area contributed by atoms with Crippen molar-refractivity contribution in [2.45, 2.75) is 13.1 Å². The number of aromatic nitrogens is 4. The second-order valence-electron chi connectivity index (χ2n) is 2.89. The van der Waals surface area contributed by atoms with Crippen molar-refractivity contribution in [2.75, 3.05) is 0 Å². The molecule has 0 saturated carbocycles. The number of fused-ring (bicyclic) bond motifs is 3. The molecule has 3 rings (SSSR count). The molecule has 0 spiro atoms. The lowest BCUT2D eigenvalue weighted by Crippen LogP contribution is -2.16. The molecule has 3 heterocycles. The van der Waals surface area contributed by atoms with Crippen LogP contribution >= 0.6 is 0 Å². The lowest BCUT2D eigenvalue weighted by Gasteiger charge is -2.15. The molecule has 0 radical (unpaired) electrons. The molecule has 1 aliphatic heterocycles. The molecule has 0 atom stereocenters. The van der Waals surface area contributed by atoms with Gasteiger partial charge in [0.25, 0.3) is 0 Å². The van der Waals surface area contributed by atoms with Crippen molar-refractivity contribution >= 4 is 0 Å². The van der Waals surface area contributed by atoms with Crippen LogP contribution < -0.4 is 0 Å². The van der Waals surface area contributed by atoms with E-state index in [-0.39, 0.29) is 0 Å². The topological polar surface area (TPSA) is 35.6 Å². The molecule has 0 fully saturated rings. The molecule has 60 valence electrons. The normalized spacial score (nSPS) is 14.0. The largest absolute Gasteiger partial charge is 0.343 e. The van der Waals surface area contributed by atoms with Gasteiger partial charge in [0.15, 0.2) is 5.82 Å². The molecule has 4 heteroatoms. The van der Waals surface area contributed by atoms with E-state index in [4.69, 9.17) is 0 Å². The standard InChI is InChI=1S/C8H8N4/c1-2-7-8-9-6-10-12(8)5-4-11(7)3-1/h1-3,6H,4-5H2. The van der Waals surface area contributed by atoms with E-state index in [1.807, 2.05) is 10.7 Å². The number of rotatable bonds is 0. The van der Waals surface area contributed by atoms with Gasteiger partial charge in [0.1, 0.15) is 6.33 Å². The van der Waals surface area contributed by atoms with Crippen LogP contribution in [0.15, 0.2) is 24.7 Å². The molecule has 0 unspecified atom stereocenters. The molecule has 2 aromatic rings. The number of aryl methyl sites for hydroxylation is 2. The Morgan fingerprint density at radius 2 is 2.33 bits per heavy atom. The minimum absolute atomic E-state index is 0.928. The molecule has 2 aromatic heterocycles. The maximum Gasteiger partial charge on any atom is 0.174 e. The number of hydrogen-bond donors (Lipinski definition) is 0. The Morgan fingerprint density at radius 1 is 1.33 bits per heavy atom. The molecule has 0 bridgehead atoms. The lowest BCUT2D eigenvalue weighted by molar-refractivity contribution is 0.513. The fourth-order valence-corrected chi connectivity index (χ4v) is 1.64. The molecule has 1 aliphatic rings. The third kappa shape index (κ3) is 0.617. The van der Waals surface area contributed by atoms with Crippen LogP contribution in [0.4, 0.5) is 0 Å². The van der Waals surface area contributed by atoms with Crippen molar-refractivity contribution in [3.8, 4) is 11.5 Å². The zero-order valence-electron chi connectivity index (χ0n) is 6.51. The smallest absolute Gasteiger partial charge is 0.174 e. The van der Waals surface area contributed by atoms with Crippen LogP contribution in [-0.2, 0) is 13.1 Å². The van der Waals surface area contributed by atoms with Gasteiger partial charge in [0.2, 0.25) is 0 Å². The zero-order chi connectivity index (χ0) is 7.97. The summed E-state index contributed by atoms with van der Waals surface area (Å²) in [4.78, 5) is 4.20. The van der Waals surface area contributed by atoms with E-state index < -0.39 is 0 Å². The maximum atomic E-state index is 4.20. The molecule has 0 N–H and O–H groups in total. The van der Waals surface area contributed by atoms with Crippen LogP contribution in [-0.4, -0.2) is 19.3 Å². The first-order chi connectivity index (χ1) is 5.95. The van der Waals surface area contributed by atoms with E-state index in [0.29, 0.717) is 0 Å². The van der Waals surface area contributed by atoms with Gasteiger partial charge in [-0.2, -0.15) is 5.10 Å². The fourth-order valence-electron chi connectivity index (χ4n) is 1.64. The second kappa shape index (κ2) is 1.97. The molecular formula is C8H8N4. The minimum Gasteiger partial charge on any atom is -0.343 e. The highest BCUT2D eigenvalue weighted by atomic mass is 15.4. The molecule has 0 aromatic carbocycles. The Kier molecular flexibility index (Phi) is 0.983. The van der Waals surface area contributed by atoms with Gasteiger partial charge < -0.3 is 4.57 Å². The summed E-state index contributed by atoms with van der Waals surface area (Å²) in [5.41, 5.74) is 1.17. The van der Waals surface area contributed by atoms with Gasteiger partial charge in [-0.15, -0.1) is 0 Å². The average Bonchev–Trinajstić information content (AvgIpc) is 2.71. The third-order valence-electron chi connectivity index (χ3n) is 2.23. The van der Waals surface area contributed by atoms with E-state index in [9.17, 15) is 0 Å². The predicted molar refractivity (Wildman–Crippen MR) is 43.4 cm³/mol. The van der Waals surface area contributed by atoms with Gasteiger partial charge in [-0.1, -0.05) is 0 Å². The summed E-state index contributed by atoms with van der Waals surface area (Å²) in [6, 6.07) is 4.11. The second-order valence-corrected chi connectivity index (χ2v) is 2.89. The third-order valence-corrected chi connectivity index (χ3v) is 2.23. The Bertz CT molecular complexity index is 372. The van der Waals surface area contributed by atoms with Crippen molar-refractivity contribution < 1.29 is 0 Å². The molecule has 0 amide bonds. The average molecular weight is 160 g/mol. The van der Waals surface area contributed by atoms with E-state index >= 15 is 0 Å². The summed E-state index contributed by atoms with van der Waals surface area (Å²) in [6.07, 6.45) is 3.69. The van der Waals surface area contributed by atoms with Crippen LogP contribution in [0.5, 0.6) is 0 Å². The Hall–Kier alpha value is -1.58. The van der Waals surface area contributed by atoms with Crippen LogP contribution in [0.2, 0.25) is 0 Å². The summed E-state index contributed by atoms with van der Waals surface area (Å²) in [7, 11) is 0. The maximum absolute atomic E-state index is 4.20. The van der Waals surface area contributed by atoms with Crippen molar-refractivity contribution in [2.24, 2.45) is 0 Å². The quantitative estimate of drug-likeness (QED) is 0.570. The van der Waals surface area contributed by atoms with Gasteiger partial charge in [-0.3, -0.25) is 0 Å². The van der Waals surface area contributed by atoms with Crippen LogP contribution in [0.25, 0.3) is 11.5 Å². The Balaban J connectivity index is 2.32. The number of hydrogen-bond acceptors (Lipinski definition) is 2. The van der Waals surface area contributed by atoms with Gasteiger partial charge in [0, 0.05) is 12.7 Å². The van der Waals surface area contributed by atoms with Crippen molar-refractivity contribution in [3.05, 3.63) is 24.7 Å². The van der Waals surface area contributed by atoms with Gasteiger partial charge in [0.05, 0.1) is 12.2 Å². The first-order valence-corrected chi connectivity index (χ1v) is 3.98. The summed E-state index contributed by atoms with van der Waals surface area (Å²) in [5.74, 6) is 0.978. The van der Waals surface area contributed by atoms with Gasteiger partial charge in [-0.05, 0) is 12.1 Å². The van der Waals surface area contributed by atoms with Gasteiger partial charge >= 0.3 is 0 Å². The highest BCUT2D eigenvalue weighted by Gasteiger charge is 2.15. The summed E-state index contributed by atoms with van der Waals surface area (Å²) in [5, 5.41) is 4.13. The Morgan fingerprint density at radius 3 is 3.33 bits per heavy atom. The van der Waals surface area contributed by atoms with Crippen molar-refractivity contribution in [3.63, 3.8) is 0 Å². The molecule has 12 heavy (non-hydrogen) atoms. The summed E-state index contributed by atoms with van der Waals surface area (Å²) in [6.45, 7) is 1.93. The molecular weight excluding hydrogens is 152 g/mol. The molecule has 0 aliphatic carbocycles. The van der Waals surface area contributed by atoms with E-state index in [0.717, 1.165) is 18.9 Å². The summed E-state index contributed by atoms with van der Waals surface area (Å²) < 4.78 is 4.14. The van der Waals surface area contributed by atoms with Crippen LogP contribution in [0.1, 0.15) is 0 Å². The molecule has 4 nitrogen and oxygen atoms in total.